The van der Waals surface area contributed by atoms with Crippen LogP contribution in [0.5, 0.6) is 0 Å². The van der Waals surface area contributed by atoms with Crippen LogP contribution in [-0.4, -0.2) is 35.6 Å². The molecule has 1 aromatic carbocycles. The lowest BCUT2D eigenvalue weighted by Crippen LogP contribution is -2.19. The van der Waals surface area contributed by atoms with Gasteiger partial charge in [-0.1, -0.05) is 31.0 Å². The van der Waals surface area contributed by atoms with Crippen LogP contribution in [0.4, 0.5) is 5.69 Å². The van der Waals surface area contributed by atoms with Gasteiger partial charge in [-0.25, -0.2) is 9.30 Å². The molecule has 0 aliphatic rings. The molecule has 1 aromatic rings. The fourth-order valence-electron chi connectivity index (χ4n) is 1.76. The van der Waals surface area contributed by atoms with Crippen molar-refractivity contribution < 1.29 is 0 Å². The molecule has 0 spiro atoms. The molecule has 3 nitrogen and oxygen atoms in total. The molecule has 4 heteroatoms. The lowest BCUT2D eigenvalue weighted by atomic mass is 10.1. The zero-order valence-electron chi connectivity index (χ0n) is 12.7. The van der Waals surface area contributed by atoms with E-state index in [1.807, 2.05) is 17.7 Å². The van der Waals surface area contributed by atoms with E-state index in [4.69, 9.17) is 0 Å². The lowest BCUT2D eigenvalue weighted by molar-refractivity contribution is 0.524. The topological polar surface area (TPSA) is 18.8 Å². The summed E-state index contributed by atoms with van der Waals surface area (Å²) in [6.45, 7) is 7.51. The molecule has 0 atom stereocenters. The zero-order valence-corrected chi connectivity index (χ0v) is 13.5. The molecule has 0 saturated carbocycles. The highest BCUT2D eigenvalue weighted by molar-refractivity contribution is 7.95. The third-order valence-electron chi connectivity index (χ3n) is 2.81. The molecule has 0 heterocycles. The van der Waals surface area contributed by atoms with Gasteiger partial charge in [0.15, 0.2) is 0 Å². The highest BCUT2D eigenvalue weighted by Crippen LogP contribution is 2.19. The summed E-state index contributed by atoms with van der Waals surface area (Å²) in [5.74, 6) is 0. The molecule has 106 valence electrons. The van der Waals surface area contributed by atoms with E-state index < -0.39 is 0 Å². The Labute approximate surface area is 122 Å². The second kappa shape index (κ2) is 8.23. The molecule has 0 fully saturated rings. The maximum Gasteiger partial charge on any atom is 0.102 e. The first-order chi connectivity index (χ1) is 9.02. The second-order valence-corrected chi connectivity index (χ2v) is 6.23. The van der Waals surface area contributed by atoms with E-state index in [-0.39, 0.29) is 0 Å². The first-order valence-corrected chi connectivity index (χ1v) is 7.49. The van der Waals surface area contributed by atoms with E-state index in [0.717, 1.165) is 12.2 Å². The van der Waals surface area contributed by atoms with Crippen LogP contribution in [0.3, 0.4) is 0 Å². The van der Waals surface area contributed by atoms with E-state index in [9.17, 15) is 0 Å². The summed E-state index contributed by atoms with van der Waals surface area (Å²) in [4.78, 5) is 4.53. The summed E-state index contributed by atoms with van der Waals surface area (Å²) < 4.78 is 4.27. The van der Waals surface area contributed by atoms with Crippen LogP contribution in [0.2, 0.25) is 0 Å². The molecular weight excluding hydrogens is 254 g/mol. The zero-order chi connectivity index (χ0) is 14.3. The molecule has 0 bridgehead atoms. The summed E-state index contributed by atoms with van der Waals surface area (Å²) >= 11 is 1.69. The Balaban J connectivity index is 2.51. The summed E-state index contributed by atoms with van der Waals surface area (Å²) in [6, 6.07) is 6.33. The molecule has 19 heavy (non-hydrogen) atoms. The third-order valence-corrected chi connectivity index (χ3v) is 3.62. The summed E-state index contributed by atoms with van der Waals surface area (Å²) in [5, 5.41) is 0. The predicted molar refractivity (Wildman–Crippen MR) is 87.0 cm³/mol. The maximum absolute atomic E-state index is 4.53. The number of nitrogens with zero attached hydrogens (tertiary/aromatic N) is 3. The Morgan fingerprint density at radius 3 is 2.63 bits per heavy atom. The Bertz CT molecular complexity index is 418. The van der Waals surface area contributed by atoms with E-state index >= 15 is 0 Å². The van der Waals surface area contributed by atoms with Crippen molar-refractivity contribution in [3.05, 3.63) is 29.3 Å². The van der Waals surface area contributed by atoms with E-state index in [2.05, 4.69) is 55.3 Å². The minimum Gasteiger partial charge on any atom is -0.297 e. The minimum atomic E-state index is 1.04. The molecular formula is C15H25N3S. The Kier molecular flexibility index (Phi) is 6.95. The summed E-state index contributed by atoms with van der Waals surface area (Å²) in [5.41, 5.74) is 3.53. The second-order valence-electron chi connectivity index (χ2n) is 4.87. The van der Waals surface area contributed by atoms with Gasteiger partial charge >= 0.3 is 0 Å². The van der Waals surface area contributed by atoms with Crippen LogP contribution in [-0.2, 0) is 0 Å². The Morgan fingerprint density at radius 2 is 2.00 bits per heavy atom. The van der Waals surface area contributed by atoms with Crippen LogP contribution < -0.4 is 0 Å². The van der Waals surface area contributed by atoms with Crippen LogP contribution in [0.15, 0.2) is 23.2 Å². The van der Waals surface area contributed by atoms with E-state index in [1.165, 1.54) is 24.0 Å². The van der Waals surface area contributed by atoms with Gasteiger partial charge in [0.2, 0.25) is 0 Å². The van der Waals surface area contributed by atoms with Crippen molar-refractivity contribution >= 4 is 24.2 Å². The highest BCUT2D eigenvalue weighted by Gasteiger charge is 2.01. The van der Waals surface area contributed by atoms with Gasteiger partial charge in [0.05, 0.1) is 5.69 Å². The van der Waals surface area contributed by atoms with Crippen molar-refractivity contribution in [3.63, 3.8) is 0 Å². The summed E-state index contributed by atoms with van der Waals surface area (Å²) in [6.07, 6.45) is 4.33. The van der Waals surface area contributed by atoms with Gasteiger partial charge in [-0.2, -0.15) is 0 Å². The number of hydrogen-bond acceptors (Lipinski definition) is 3. The predicted octanol–water partition coefficient (Wildman–Crippen LogP) is 4.19. The molecule has 0 radical (unpaired) electrons. The molecule has 0 aliphatic carbocycles. The van der Waals surface area contributed by atoms with Crippen LogP contribution in [0.25, 0.3) is 0 Å². The Hall–Kier alpha value is -1.00. The van der Waals surface area contributed by atoms with Gasteiger partial charge in [-0.05, 0) is 38.9 Å². The van der Waals surface area contributed by atoms with Gasteiger partial charge in [0, 0.05) is 25.7 Å². The molecule has 0 saturated heterocycles. The largest absolute Gasteiger partial charge is 0.297 e. The first-order valence-electron chi connectivity index (χ1n) is 6.76. The van der Waals surface area contributed by atoms with Crippen molar-refractivity contribution in [1.29, 1.82) is 0 Å². The molecule has 0 amide bonds. The molecule has 1 rings (SSSR count). The minimum absolute atomic E-state index is 1.04. The SMILES string of the molecule is CCCCN(C)SN(C)C=Nc1ccc(C)cc1C. The van der Waals surface area contributed by atoms with Crippen molar-refractivity contribution in [3.8, 4) is 0 Å². The van der Waals surface area contributed by atoms with Gasteiger partial charge in [0.1, 0.15) is 6.34 Å². The van der Waals surface area contributed by atoms with Crippen molar-refractivity contribution in [2.45, 2.75) is 33.6 Å². The van der Waals surface area contributed by atoms with Gasteiger partial charge in [0.25, 0.3) is 0 Å². The van der Waals surface area contributed by atoms with Gasteiger partial charge < -0.3 is 0 Å². The van der Waals surface area contributed by atoms with Crippen molar-refractivity contribution in [2.75, 3.05) is 20.6 Å². The number of rotatable bonds is 7. The van der Waals surface area contributed by atoms with Crippen molar-refractivity contribution in [1.82, 2.24) is 8.61 Å². The number of benzene rings is 1. The standard InChI is InChI=1S/C15H25N3S/c1-6-7-10-17(4)19-18(5)12-16-15-9-8-13(2)11-14(15)3/h8-9,11-12H,6-7,10H2,1-5H3. The molecule has 0 aromatic heterocycles. The third kappa shape index (κ3) is 6.12. The fraction of sp³-hybridized carbons (Fsp3) is 0.533. The average Bonchev–Trinajstić information content (AvgIpc) is 2.35. The normalized spacial score (nSPS) is 11.5. The van der Waals surface area contributed by atoms with Gasteiger partial charge in [-0.15, -0.1) is 0 Å². The van der Waals surface area contributed by atoms with Crippen LogP contribution >= 0.6 is 12.1 Å². The monoisotopic (exact) mass is 279 g/mol. The quantitative estimate of drug-likeness (QED) is 0.424. The molecule has 0 N–H and O–H groups in total. The number of hydrogen-bond donors (Lipinski definition) is 0. The smallest absolute Gasteiger partial charge is 0.102 e. The number of aryl methyl sites for hydroxylation is 2. The van der Waals surface area contributed by atoms with Crippen LogP contribution in [0.1, 0.15) is 30.9 Å². The number of unbranched alkanes of at least 4 members (excludes halogenated alkanes) is 1. The lowest BCUT2D eigenvalue weighted by Gasteiger charge is -2.20. The van der Waals surface area contributed by atoms with E-state index in [1.54, 1.807) is 12.1 Å². The van der Waals surface area contributed by atoms with Gasteiger partial charge in [-0.3, -0.25) is 4.31 Å². The fourth-order valence-corrected chi connectivity index (χ4v) is 2.50. The summed E-state index contributed by atoms with van der Waals surface area (Å²) in [7, 11) is 4.14. The average molecular weight is 279 g/mol. The highest BCUT2D eigenvalue weighted by atomic mass is 32.2. The maximum atomic E-state index is 4.53. The number of aliphatic imine (C=N–C) groups is 1. The van der Waals surface area contributed by atoms with Crippen LogP contribution in [0, 0.1) is 13.8 Å². The molecule has 0 unspecified atom stereocenters. The molecule has 0 aliphatic heterocycles. The van der Waals surface area contributed by atoms with Crippen molar-refractivity contribution in [2.24, 2.45) is 4.99 Å². The Morgan fingerprint density at radius 1 is 1.26 bits per heavy atom. The first kappa shape index (κ1) is 16.1. The van der Waals surface area contributed by atoms with E-state index in [0.29, 0.717) is 0 Å².